The Balaban J connectivity index is 2.55. The van der Waals surface area contributed by atoms with Crippen molar-refractivity contribution in [3.05, 3.63) is 12.1 Å². The Hall–Kier alpha value is -0.000260. The fourth-order valence-corrected chi connectivity index (χ4v) is 7.59. The van der Waals surface area contributed by atoms with E-state index in [1.54, 1.807) is 0 Å². The molecule has 0 fully saturated rings. The van der Waals surface area contributed by atoms with Gasteiger partial charge in [0.05, 0.1) is 0 Å². The first-order chi connectivity index (χ1) is 11.2. The number of unbranched alkanes of at least 4 members (excludes halogenated alkanes) is 2. The number of rotatable bonds is 12. The van der Waals surface area contributed by atoms with Gasteiger partial charge in [-0.25, -0.2) is 0 Å². The predicted molar refractivity (Wildman–Crippen MR) is 114 cm³/mol. The van der Waals surface area contributed by atoms with E-state index in [4.69, 9.17) is 4.42 Å². The summed E-state index contributed by atoms with van der Waals surface area (Å²) in [6, 6.07) is 5.91. The first kappa shape index (κ1) is 22.0. The average Bonchev–Trinajstić information content (AvgIpc) is 3.00. The van der Waals surface area contributed by atoms with E-state index in [0.717, 1.165) is 0 Å². The minimum absolute atomic E-state index is 1.26. The molecule has 0 saturated carbocycles. The zero-order chi connectivity index (χ0) is 18.2. The van der Waals surface area contributed by atoms with Gasteiger partial charge in [0.2, 0.25) is 0 Å². The second-order valence-electron chi connectivity index (χ2n) is 8.95. The second kappa shape index (κ2) is 10.2. The van der Waals surface area contributed by atoms with Crippen LogP contribution in [0.1, 0.15) is 46.0 Å². The maximum atomic E-state index is 6.33. The third-order valence-corrected chi connectivity index (χ3v) is 11.8. The number of furan rings is 1. The van der Waals surface area contributed by atoms with Crippen LogP contribution in [0, 0.1) is 0 Å². The van der Waals surface area contributed by atoms with Crippen molar-refractivity contribution in [2.24, 2.45) is 0 Å². The first-order valence-corrected chi connectivity index (χ1v) is 20.6. The SMILES string of the molecule is CCCCN(CCCC)CCC[Si](C)(C)c1cc[c]([Ge]([CH3])([CH3])[CH3])o1. The molecule has 0 bridgehead atoms. The molecule has 1 aromatic heterocycles. The molecule has 0 radical (unpaired) electrons. The summed E-state index contributed by atoms with van der Waals surface area (Å²) >= 11 is -1.82. The van der Waals surface area contributed by atoms with Crippen LogP contribution in [0.3, 0.4) is 0 Å². The summed E-state index contributed by atoms with van der Waals surface area (Å²) in [5.74, 6) is 7.24. The van der Waals surface area contributed by atoms with E-state index in [2.05, 4.69) is 61.2 Å². The molecule has 0 aromatic carbocycles. The predicted octanol–water partition coefficient (Wildman–Crippen LogP) is 5.03. The summed E-state index contributed by atoms with van der Waals surface area (Å²) in [6.45, 7) is 13.4. The van der Waals surface area contributed by atoms with Gasteiger partial charge in [-0.2, -0.15) is 0 Å². The van der Waals surface area contributed by atoms with E-state index in [9.17, 15) is 0 Å². The fraction of sp³-hybridized carbons (Fsp3) is 0.800. The van der Waals surface area contributed by atoms with Crippen molar-refractivity contribution in [1.82, 2.24) is 4.90 Å². The van der Waals surface area contributed by atoms with Crippen LogP contribution in [0.25, 0.3) is 0 Å². The Labute approximate surface area is 154 Å². The molecule has 0 spiro atoms. The average molecular weight is 412 g/mol. The van der Waals surface area contributed by atoms with Crippen LogP contribution in [0.2, 0.25) is 36.4 Å². The van der Waals surface area contributed by atoms with Crippen molar-refractivity contribution in [2.75, 3.05) is 19.6 Å². The van der Waals surface area contributed by atoms with Gasteiger partial charge in [0.15, 0.2) is 0 Å². The molecule has 1 heterocycles. The third kappa shape index (κ3) is 7.49. The summed E-state index contributed by atoms with van der Waals surface area (Å²) in [5, 5.41) is 1.33. The molecule has 140 valence electrons. The molecule has 0 atom stereocenters. The molecule has 2 nitrogen and oxygen atoms in total. The van der Waals surface area contributed by atoms with E-state index < -0.39 is 21.3 Å². The maximum absolute atomic E-state index is 6.33. The molecular weight excluding hydrogens is 371 g/mol. The molecule has 0 unspecified atom stereocenters. The van der Waals surface area contributed by atoms with Gasteiger partial charge >= 0.3 is 155 Å². The van der Waals surface area contributed by atoms with Gasteiger partial charge in [-0.15, -0.1) is 0 Å². The Bertz CT molecular complexity index is 456. The third-order valence-electron chi connectivity index (χ3n) is 4.94. The van der Waals surface area contributed by atoms with Gasteiger partial charge < -0.3 is 0 Å². The van der Waals surface area contributed by atoms with Crippen LogP contribution in [-0.2, 0) is 0 Å². The van der Waals surface area contributed by atoms with Crippen LogP contribution < -0.4 is 9.98 Å². The summed E-state index contributed by atoms with van der Waals surface area (Å²) in [4.78, 5) is 2.69. The Morgan fingerprint density at radius 1 is 0.917 bits per heavy atom. The van der Waals surface area contributed by atoms with Gasteiger partial charge in [0, 0.05) is 0 Å². The van der Waals surface area contributed by atoms with E-state index in [1.165, 1.54) is 67.8 Å². The first-order valence-electron chi connectivity index (χ1n) is 10.0. The molecule has 0 N–H and O–H groups in total. The van der Waals surface area contributed by atoms with Crippen LogP contribution in [0.5, 0.6) is 0 Å². The number of nitrogens with zero attached hydrogens (tertiary/aromatic N) is 1. The molecule has 0 aliphatic heterocycles. The van der Waals surface area contributed by atoms with Gasteiger partial charge in [-0.1, -0.05) is 0 Å². The molecule has 0 aliphatic carbocycles. The van der Waals surface area contributed by atoms with Crippen molar-refractivity contribution >= 4 is 31.3 Å². The van der Waals surface area contributed by atoms with E-state index >= 15 is 0 Å². The van der Waals surface area contributed by atoms with Crippen LogP contribution in [0.4, 0.5) is 0 Å². The second-order valence-corrected chi connectivity index (χ2v) is 24.2. The van der Waals surface area contributed by atoms with Crippen LogP contribution in [-0.4, -0.2) is 45.9 Å². The molecule has 4 heteroatoms. The Kier molecular flexibility index (Phi) is 9.39. The van der Waals surface area contributed by atoms with Crippen molar-refractivity contribution in [2.45, 2.75) is 82.4 Å². The monoisotopic (exact) mass is 413 g/mol. The minimum atomic E-state index is -1.82. The quantitative estimate of drug-likeness (QED) is 0.448. The fourth-order valence-electron chi connectivity index (χ4n) is 3.07. The molecule has 1 rings (SSSR count). The summed E-state index contributed by atoms with van der Waals surface area (Å²) < 4.78 is 7.65. The van der Waals surface area contributed by atoms with Gasteiger partial charge in [0.25, 0.3) is 0 Å². The molecule has 1 aromatic rings. The Morgan fingerprint density at radius 2 is 1.46 bits per heavy atom. The molecule has 0 saturated heterocycles. The molecule has 0 amide bonds. The van der Waals surface area contributed by atoms with E-state index in [0.29, 0.717) is 0 Å². The van der Waals surface area contributed by atoms with Crippen LogP contribution >= 0.6 is 0 Å². The zero-order valence-electron chi connectivity index (χ0n) is 17.4. The van der Waals surface area contributed by atoms with E-state index in [1.807, 2.05) is 0 Å². The van der Waals surface area contributed by atoms with Gasteiger partial charge in [-0.05, 0) is 0 Å². The van der Waals surface area contributed by atoms with Crippen molar-refractivity contribution < 1.29 is 4.42 Å². The van der Waals surface area contributed by atoms with Gasteiger partial charge in [-0.3, -0.25) is 0 Å². The summed E-state index contributed by atoms with van der Waals surface area (Å²) in [7, 11) is -1.43. The van der Waals surface area contributed by atoms with E-state index in [-0.39, 0.29) is 0 Å². The van der Waals surface area contributed by atoms with Crippen molar-refractivity contribution in [3.63, 3.8) is 0 Å². The normalized spacial score (nSPS) is 13.0. The van der Waals surface area contributed by atoms with Gasteiger partial charge in [0.1, 0.15) is 0 Å². The Morgan fingerprint density at radius 3 is 1.92 bits per heavy atom. The summed E-state index contributed by atoms with van der Waals surface area (Å²) in [5.41, 5.74) is 0. The molecule has 0 aliphatic rings. The summed E-state index contributed by atoms with van der Waals surface area (Å²) in [6.07, 6.45) is 6.60. The van der Waals surface area contributed by atoms with Crippen molar-refractivity contribution in [3.8, 4) is 0 Å². The topological polar surface area (TPSA) is 16.4 Å². The zero-order valence-corrected chi connectivity index (χ0v) is 20.5. The van der Waals surface area contributed by atoms with Crippen LogP contribution in [0.15, 0.2) is 16.5 Å². The molecule has 24 heavy (non-hydrogen) atoms. The standard InChI is InChI=1S/C20H41GeNOSi/c1-8-10-15-22(16-11-9-2)17-12-18-24(6,7)20-14-13-19(23-20)21(3,4)5/h13-14H,8-12,15-18H2,1-7H3. The molecular formula is C20H41GeNOSi. The number of hydrogen-bond acceptors (Lipinski definition) is 2. The van der Waals surface area contributed by atoms with Crippen molar-refractivity contribution in [1.29, 1.82) is 0 Å². The number of hydrogen-bond donors (Lipinski definition) is 0.